The summed E-state index contributed by atoms with van der Waals surface area (Å²) in [5.74, 6) is 3.94. The van der Waals surface area contributed by atoms with E-state index in [9.17, 15) is 4.79 Å². The Labute approximate surface area is 127 Å². The Kier molecular flexibility index (Phi) is 2.75. The van der Waals surface area contributed by atoms with Gasteiger partial charge in [0.05, 0.1) is 5.41 Å². The van der Waals surface area contributed by atoms with Crippen LogP contribution in [0.15, 0.2) is 0 Å². The fraction of sp³-hybridized carbons (Fsp3) is 0.944. The average molecular weight is 288 g/mol. The number of hydrogen-bond acceptors (Lipinski definition) is 2. The molecule has 3 heteroatoms. The molecular weight excluding hydrogens is 260 g/mol. The molecule has 0 spiro atoms. The molecular formula is C18H28N2O. The molecule has 2 atom stereocenters. The van der Waals surface area contributed by atoms with Crippen molar-refractivity contribution in [2.75, 3.05) is 19.6 Å². The van der Waals surface area contributed by atoms with E-state index in [2.05, 4.69) is 10.2 Å². The number of rotatable bonds is 1. The van der Waals surface area contributed by atoms with E-state index in [1.807, 2.05) is 0 Å². The van der Waals surface area contributed by atoms with Gasteiger partial charge in [-0.05, 0) is 81.6 Å². The van der Waals surface area contributed by atoms with Crippen LogP contribution in [0.25, 0.3) is 0 Å². The van der Waals surface area contributed by atoms with Gasteiger partial charge in [-0.2, -0.15) is 0 Å². The molecule has 4 bridgehead atoms. The standard InChI is InChI=1S/C18H28N2O/c21-17(20-4-2-16-15(11-20)1-3-19-16)18-8-12-5-13(9-18)7-14(6-12)10-18/h12-16,19H,1-11H2. The lowest BCUT2D eigenvalue weighted by molar-refractivity contribution is -0.159. The summed E-state index contributed by atoms with van der Waals surface area (Å²) in [6.07, 6.45) is 10.4. The molecule has 6 aliphatic rings. The van der Waals surface area contributed by atoms with Crippen LogP contribution < -0.4 is 5.32 Å². The second-order valence-electron chi connectivity index (χ2n) is 8.85. The molecule has 2 unspecified atom stereocenters. The third-order valence-corrected chi connectivity index (χ3v) is 7.43. The van der Waals surface area contributed by atoms with E-state index < -0.39 is 0 Å². The topological polar surface area (TPSA) is 32.3 Å². The number of nitrogens with zero attached hydrogens (tertiary/aromatic N) is 1. The highest BCUT2D eigenvalue weighted by Crippen LogP contribution is 2.60. The van der Waals surface area contributed by atoms with E-state index in [-0.39, 0.29) is 5.41 Å². The van der Waals surface area contributed by atoms with E-state index in [1.54, 1.807) is 0 Å². The molecule has 0 aromatic carbocycles. The van der Waals surface area contributed by atoms with Crippen molar-refractivity contribution in [3.63, 3.8) is 0 Å². The van der Waals surface area contributed by atoms with Gasteiger partial charge in [0, 0.05) is 19.1 Å². The molecule has 3 nitrogen and oxygen atoms in total. The number of hydrogen-bond donors (Lipinski definition) is 1. The quantitative estimate of drug-likeness (QED) is 0.803. The molecule has 0 aromatic rings. The summed E-state index contributed by atoms with van der Waals surface area (Å²) >= 11 is 0. The average Bonchev–Trinajstić information content (AvgIpc) is 2.92. The van der Waals surface area contributed by atoms with Gasteiger partial charge >= 0.3 is 0 Å². The number of nitrogens with one attached hydrogen (secondary N) is 1. The number of piperidine rings is 1. The summed E-state index contributed by atoms with van der Waals surface area (Å²) in [7, 11) is 0. The van der Waals surface area contributed by atoms with Crippen LogP contribution >= 0.6 is 0 Å². The maximum atomic E-state index is 13.3. The van der Waals surface area contributed by atoms with Crippen LogP contribution in [-0.4, -0.2) is 36.5 Å². The van der Waals surface area contributed by atoms with Crippen LogP contribution in [0.2, 0.25) is 0 Å². The molecule has 2 heterocycles. The first kappa shape index (κ1) is 12.9. The molecule has 2 aliphatic heterocycles. The van der Waals surface area contributed by atoms with Crippen LogP contribution in [0.1, 0.15) is 51.4 Å². The summed E-state index contributed by atoms with van der Waals surface area (Å²) < 4.78 is 0. The van der Waals surface area contributed by atoms with Crippen molar-refractivity contribution >= 4 is 5.91 Å². The largest absolute Gasteiger partial charge is 0.342 e. The third-order valence-electron chi connectivity index (χ3n) is 7.43. The lowest BCUT2D eigenvalue weighted by atomic mass is 9.49. The van der Waals surface area contributed by atoms with Crippen molar-refractivity contribution < 1.29 is 4.79 Å². The maximum Gasteiger partial charge on any atom is 0.228 e. The predicted octanol–water partition coefficient (Wildman–Crippen LogP) is 2.41. The Morgan fingerprint density at radius 1 is 1.00 bits per heavy atom. The van der Waals surface area contributed by atoms with Gasteiger partial charge in [0.1, 0.15) is 0 Å². The highest BCUT2D eigenvalue weighted by atomic mass is 16.2. The molecule has 6 rings (SSSR count). The predicted molar refractivity (Wildman–Crippen MR) is 81.7 cm³/mol. The van der Waals surface area contributed by atoms with Gasteiger partial charge in [-0.1, -0.05) is 0 Å². The minimum Gasteiger partial charge on any atom is -0.342 e. The van der Waals surface area contributed by atoms with Gasteiger partial charge in [0.2, 0.25) is 5.91 Å². The molecule has 1 N–H and O–H groups in total. The van der Waals surface area contributed by atoms with Crippen molar-refractivity contribution in [1.82, 2.24) is 10.2 Å². The first-order valence-corrected chi connectivity index (χ1v) is 9.25. The van der Waals surface area contributed by atoms with E-state index in [4.69, 9.17) is 0 Å². The number of likely N-dealkylation sites (tertiary alicyclic amines) is 1. The van der Waals surface area contributed by atoms with Gasteiger partial charge in [-0.15, -0.1) is 0 Å². The molecule has 0 radical (unpaired) electrons. The van der Waals surface area contributed by atoms with Gasteiger partial charge in [-0.25, -0.2) is 0 Å². The van der Waals surface area contributed by atoms with Crippen LogP contribution in [0, 0.1) is 29.1 Å². The Bertz CT molecular complexity index is 425. The second-order valence-corrected chi connectivity index (χ2v) is 8.85. The normalized spacial score (nSPS) is 51.2. The fourth-order valence-corrected chi connectivity index (χ4v) is 6.94. The van der Waals surface area contributed by atoms with E-state index in [1.165, 1.54) is 51.4 Å². The fourth-order valence-electron chi connectivity index (χ4n) is 6.94. The molecule has 1 amide bonds. The Morgan fingerprint density at radius 3 is 2.33 bits per heavy atom. The van der Waals surface area contributed by atoms with Crippen molar-refractivity contribution in [1.29, 1.82) is 0 Å². The summed E-state index contributed by atoms with van der Waals surface area (Å²) in [4.78, 5) is 15.6. The number of fused-ring (bicyclic) bond motifs is 1. The van der Waals surface area contributed by atoms with Crippen LogP contribution in [-0.2, 0) is 4.79 Å². The number of amides is 1. The van der Waals surface area contributed by atoms with Crippen molar-refractivity contribution in [3.05, 3.63) is 0 Å². The maximum absolute atomic E-state index is 13.3. The molecule has 6 fully saturated rings. The van der Waals surface area contributed by atoms with Crippen LogP contribution in [0.5, 0.6) is 0 Å². The van der Waals surface area contributed by atoms with E-state index in [0.717, 1.165) is 43.3 Å². The molecule has 4 aliphatic carbocycles. The van der Waals surface area contributed by atoms with Crippen LogP contribution in [0.4, 0.5) is 0 Å². The third kappa shape index (κ3) is 1.92. The Balaban J connectivity index is 1.36. The van der Waals surface area contributed by atoms with Crippen molar-refractivity contribution in [2.45, 2.75) is 57.4 Å². The highest BCUT2D eigenvalue weighted by molar-refractivity contribution is 5.83. The first-order chi connectivity index (χ1) is 10.2. The zero-order valence-electron chi connectivity index (χ0n) is 13.0. The van der Waals surface area contributed by atoms with Gasteiger partial charge in [-0.3, -0.25) is 4.79 Å². The minimum atomic E-state index is 0.0770. The van der Waals surface area contributed by atoms with Gasteiger partial charge < -0.3 is 10.2 Å². The first-order valence-electron chi connectivity index (χ1n) is 9.25. The zero-order chi connectivity index (χ0) is 14.0. The monoisotopic (exact) mass is 288 g/mol. The van der Waals surface area contributed by atoms with E-state index >= 15 is 0 Å². The molecule has 4 saturated carbocycles. The SMILES string of the molecule is O=C(N1CCC2NCCC2C1)C12CC3CC(CC(C3)C1)C2. The lowest BCUT2D eigenvalue weighted by Gasteiger charge is -2.57. The summed E-state index contributed by atoms with van der Waals surface area (Å²) in [6, 6.07) is 0.699. The number of carbonyl (C=O) groups excluding carboxylic acids is 1. The minimum absolute atomic E-state index is 0.0770. The van der Waals surface area contributed by atoms with Crippen molar-refractivity contribution in [2.24, 2.45) is 29.1 Å². The molecule has 2 saturated heterocycles. The lowest BCUT2D eigenvalue weighted by Crippen LogP contribution is -2.57. The number of carbonyl (C=O) groups is 1. The van der Waals surface area contributed by atoms with E-state index in [0.29, 0.717) is 11.9 Å². The van der Waals surface area contributed by atoms with Crippen LogP contribution in [0.3, 0.4) is 0 Å². The smallest absolute Gasteiger partial charge is 0.228 e. The zero-order valence-corrected chi connectivity index (χ0v) is 13.0. The summed E-state index contributed by atoms with van der Waals surface area (Å²) in [5, 5.41) is 3.62. The second kappa shape index (κ2) is 4.47. The molecule has 21 heavy (non-hydrogen) atoms. The summed E-state index contributed by atoms with van der Waals surface area (Å²) in [5.41, 5.74) is 0.0770. The Hall–Kier alpha value is -0.570. The molecule has 116 valence electrons. The highest BCUT2D eigenvalue weighted by Gasteiger charge is 2.56. The summed E-state index contributed by atoms with van der Waals surface area (Å²) in [6.45, 7) is 3.21. The van der Waals surface area contributed by atoms with Gasteiger partial charge in [0.25, 0.3) is 0 Å². The Morgan fingerprint density at radius 2 is 1.67 bits per heavy atom. The van der Waals surface area contributed by atoms with Gasteiger partial charge in [0.15, 0.2) is 0 Å². The molecule has 0 aromatic heterocycles. The van der Waals surface area contributed by atoms with Crippen molar-refractivity contribution in [3.8, 4) is 0 Å².